The first-order valence-corrected chi connectivity index (χ1v) is 8.08. The number of nitrogens with zero attached hydrogens (tertiary/aromatic N) is 1. The van der Waals surface area contributed by atoms with E-state index in [0.29, 0.717) is 6.61 Å². The summed E-state index contributed by atoms with van der Waals surface area (Å²) in [6, 6.07) is 7.94. The minimum absolute atomic E-state index is 0. The molecule has 1 N–H and O–H groups in total. The molecule has 1 fully saturated rings. The molecule has 23 heavy (non-hydrogen) atoms. The molecule has 4 nitrogen and oxygen atoms in total. The van der Waals surface area contributed by atoms with Crippen LogP contribution in [0.4, 0.5) is 0 Å². The van der Waals surface area contributed by atoms with Gasteiger partial charge < -0.3 is 9.84 Å². The normalized spacial score (nSPS) is 18.5. The fourth-order valence-electron chi connectivity index (χ4n) is 2.88. The van der Waals surface area contributed by atoms with Gasteiger partial charge in [0, 0.05) is 6.54 Å². The monoisotopic (exact) mass is 341 g/mol. The van der Waals surface area contributed by atoms with Crippen LogP contribution in [0.2, 0.25) is 0 Å². The SMILES string of the molecule is CC(C)(C)c1ccc(OCCCN2CCC[C@@H]2C(=O)O)cc1.Cl. The predicted molar refractivity (Wildman–Crippen MR) is 94.7 cm³/mol. The van der Waals surface area contributed by atoms with Crippen molar-refractivity contribution in [1.82, 2.24) is 4.90 Å². The molecule has 1 saturated heterocycles. The molecule has 1 aliphatic heterocycles. The van der Waals surface area contributed by atoms with Crippen molar-refractivity contribution in [3.05, 3.63) is 29.8 Å². The zero-order chi connectivity index (χ0) is 16.2. The number of hydrogen-bond donors (Lipinski definition) is 1. The van der Waals surface area contributed by atoms with E-state index in [2.05, 4.69) is 32.9 Å². The molecule has 1 aromatic carbocycles. The molecule has 5 heteroatoms. The second-order valence-electron chi connectivity index (χ2n) is 7.01. The van der Waals surface area contributed by atoms with Gasteiger partial charge in [-0.3, -0.25) is 9.69 Å². The first-order valence-electron chi connectivity index (χ1n) is 8.08. The van der Waals surface area contributed by atoms with Crippen molar-refractivity contribution in [1.29, 1.82) is 0 Å². The maximum absolute atomic E-state index is 11.1. The van der Waals surface area contributed by atoms with E-state index in [1.807, 2.05) is 17.0 Å². The molecule has 1 atom stereocenters. The molecule has 0 radical (unpaired) electrons. The number of hydrogen-bond acceptors (Lipinski definition) is 3. The van der Waals surface area contributed by atoms with Crippen LogP contribution in [0.5, 0.6) is 5.75 Å². The number of likely N-dealkylation sites (tertiary alicyclic amines) is 1. The zero-order valence-electron chi connectivity index (χ0n) is 14.2. The summed E-state index contributed by atoms with van der Waals surface area (Å²) in [6.07, 6.45) is 2.60. The Morgan fingerprint density at radius 3 is 2.52 bits per heavy atom. The predicted octanol–water partition coefficient (Wildman–Crippen LogP) is 3.72. The number of halogens is 1. The standard InChI is InChI=1S/C18H27NO3.ClH/c1-18(2,3)14-7-9-15(10-8-14)22-13-5-12-19-11-4-6-16(19)17(20)21;/h7-10,16H,4-6,11-13H2,1-3H3,(H,20,21);1H/t16-;/m1./s1. The number of carboxylic acids is 1. The Morgan fingerprint density at radius 2 is 1.96 bits per heavy atom. The van der Waals surface area contributed by atoms with E-state index in [4.69, 9.17) is 9.84 Å². The highest BCUT2D eigenvalue weighted by Gasteiger charge is 2.29. The van der Waals surface area contributed by atoms with Gasteiger partial charge in [-0.15, -0.1) is 12.4 Å². The lowest BCUT2D eigenvalue weighted by Crippen LogP contribution is -2.36. The van der Waals surface area contributed by atoms with Gasteiger partial charge in [0.2, 0.25) is 0 Å². The molecular weight excluding hydrogens is 314 g/mol. The summed E-state index contributed by atoms with van der Waals surface area (Å²) in [6.45, 7) is 8.87. The third kappa shape index (κ3) is 5.70. The number of ether oxygens (including phenoxy) is 1. The molecule has 0 aromatic heterocycles. The summed E-state index contributed by atoms with van der Waals surface area (Å²) < 4.78 is 5.76. The molecule has 0 unspecified atom stereocenters. The third-order valence-corrected chi connectivity index (χ3v) is 4.23. The number of rotatable bonds is 6. The number of aliphatic carboxylic acids is 1. The van der Waals surface area contributed by atoms with Crippen LogP contribution in [-0.4, -0.2) is 41.7 Å². The first kappa shape index (κ1) is 19.8. The summed E-state index contributed by atoms with van der Waals surface area (Å²) in [7, 11) is 0. The quantitative estimate of drug-likeness (QED) is 0.801. The van der Waals surface area contributed by atoms with Crippen LogP contribution < -0.4 is 4.74 Å². The van der Waals surface area contributed by atoms with E-state index >= 15 is 0 Å². The van der Waals surface area contributed by atoms with Gasteiger partial charge in [0.05, 0.1) is 6.61 Å². The van der Waals surface area contributed by atoms with Crippen LogP contribution in [0.25, 0.3) is 0 Å². The van der Waals surface area contributed by atoms with Gasteiger partial charge in [-0.25, -0.2) is 0 Å². The Balaban J connectivity index is 0.00000264. The Labute approximate surface area is 145 Å². The maximum Gasteiger partial charge on any atom is 0.320 e. The number of carbonyl (C=O) groups is 1. The lowest BCUT2D eigenvalue weighted by Gasteiger charge is -2.21. The molecule has 2 rings (SSSR count). The van der Waals surface area contributed by atoms with Crippen molar-refractivity contribution >= 4 is 18.4 Å². The van der Waals surface area contributed by atoms with Gasteiger partial charge in [-0.1, -0.05) is 32.9 Å². The van der Waals surface area contributed by atoms with Crippen LogP contribution in [0.3, 0.4) is 0 Å². The topological polar surface area (TPSA) is 49.8 Å². The number of carboxylic acid groups (broad SMARTS) is 1. The van der Waals surface area contributed by atoms with Crippen molar-refractivity contribution in [2.24, 2.45) is 0 Å². The van der Waals surface area contributed by atoms with Crippen molar-refractivity contribution in [2.45, 2.75) is 51.5 Å². The lowest BCUT2D eigenvalue weighted by atomic mass is 9.87. The second kappa shape index (κ2) is 8.55. The highest BCUT2D eigenvalue weighted by atomic mass is 35.5. The fourth-order valence-corrected chi connectivity index (χ4v) is 2.88. The highest BCUT2D eigenvalue weighted by molar-refractivity contribution is 5.85. The molecule has 1 aliphatic rings. The van der Waals surface area contributed by atoms with Crippen molar-refractivity contribution in [3.8, 4) is 5.75 Å². The largest absolute Gasteiger partial charge is 0.494 e. The van der Waals surface area contributed by atoms with Gasteiger partial charge in [0.15, 0.2) is 0 Å². The summed E-state index contributed by atoms with van der Waals surface area (Å²) in [5, 5.41) is 9.14. The maximum atomic E-state index is 11.1. The van der Waals surface area contributed by atoms with Crippen LogP contribution >= 0.6 is 12.4 Å². The molecule has 0 amide bonds. The Kier molecular flexibility index (Phi) is 7.36. The van der Waals surface area contributed by atoms with Gasteiger partial charge >= 0.3 is 5.97 Å². The van der Waals surface area contributed by atoms with Crippen LogP contribution in [0.1, 0.15) is 45.6 Å². The van der Waals surface area contributed by atoms with Crippen LogP contribution in [0, 0.1) is 0 Å². The molecule has 1 aromatic rings. The van der Waals surface area contributed by atoms with Crippen LogP contribution in [-0.2, 0) is 10.2 Å². The van der Waals surface area contributed by atoms with Crippen molar-refractivity contribution in [2.75, 3.05) is 19.7 Å². The van der Waals surface area contributed by atoms with Crippen LogP contribution in [0.15, 0.2) is 24.3 Å². The molecule has 0 spiro atoms. The van der Waals surface area contributed by atoms with E-state index in [-0.39, 0.29) is 23.9 Å². The zero-order valence-corrected chi connectivity index (χ0v) is 15.1. The van der Waals surface area contributed by atoms with E-state index in [1.54, 1.807) is 0 Å². The van der Waals surface area contributed by atoms with E-state index in [0.717, 1.165) is 38.1 Å². The average Bonchev–Trinajstić information content (AvgIpc) is 2.92. The lowest BCUT2D eigenvalue weighted by molar-refractivity contribution is -0.142. The van der Waals surface area contributed by atoms with Gasteiger partial charge in [0.1, 0.15) is 11.8 Å². The van der Waals surface area contributed by atoms with Crippen molar-refractivity contribution < 1.29 is 14.6 Å². The van der Waals surface area contributed by atoms with E-state index < -0.39 is 5.97 Å². The number of benzene rings is 1. The minimum Gasteiger partial charge on any atom is -0.494 e. The van der Waals surface area contributed by atoms with E-state index in [1.165, 1.54) is 5.56 Å². The Morgan fingerprint density at radius 1 is 1.30 bits per heavy atom. The summed E-state index contributed by atoms with van der Waals surface area (Å²) >= 11 is 0. The third-order valence-electron chi connectivity index (χ3n) is 4.23. The summed E-state index contributed by atoms with van der Waals surface area (Å²) in [4.78, 5) is 13.2. The summed E-state index contributed by atoms with van der Waals surface area (Å²) in [5.74, 6) is 0.181. The Bertz CT molecular complexity index is 496. The molecular formula is C18H28ClNO3. The minimum atomic E-state index is -0.698. The molecule has 130 valence electrons. The van der Waals surface area contributed by atoms with Crippen molar-refractivity contribution in [3.63, 3.8) is 0 Å². The average molecular weight is 342 g/mol. The summed E-state index contributed by atoms with van der Waals surface area (Å²) in [5.41, 5.74) is 1.45. The molecule has 0 bridgehead atoms. The van der Waals surface area contributed by atoms with Gasteiger partial charge in [-0.2, -0.15) is 0 Å². The molecule has 0 saturated carbocycles. The first-order chi connectivity index (χ1) is 10.4. The molecule has 1 heterocycles. The highest BCUT2D eigenvalue weighted by Crippen LogP contribution is 2.24. The second-order valence-corrected chi connectivity index (χ2v) is 7.01. The smallest absolute Gasteiger partial charge is 0.320 e. The van der Waals surface area contributed by atoms with E-state index in [9.17, 15) is 4.79 Å². The molecule has 0 aliphatic carbocycles. The van der Waals surface area contributed by atoms with Gasteiger partial charge in [-0.05, 0) is 48.9 Å². The van der Waals surface area contributed by atoms with Gasteiger partial charge in [0.25, 0.3) is 0 Å². The Hall–Kier alpha value is -1.26. The fraction of sp³-hybridized carbons (Fsp3) is 0.611.